The summed E-state index contributed by atoms with van der Waals surface area (Å²) in [6, 6.07) is 18.2. The molecule has 0 saturated carbocycles. The van der Waals surface area contributed by atoms with Gasteiger partial charge < -0.3 is 14.6 Å². The molecular weight excluding hydrogens is 406 g/mol. The second kappa shape index (κ2) is 7.37. The largest absolute Gasteiger partial charge is 0.493 e. The summed E-state index contributed by atoms with van der Waals surface area (Å²) < 4.78 is 7.66. The van der Waals surface area contributed by atoms with E-state index >= 15 is 0 Å². The van der Waals surface area contributed by atoms with Crippen LogP contribution in [0.4, 0.5) is 4.79 Å². The van der Waals surface area contributed by atoms with Crippen molar-refractivity contribution in [2.75, 3.05) is 13.2 Å². The Bertz CT molecular complexity index is 1250. The number of nitrogens with one attached hydrogen (secondary N) is 1. The number of nitrogens with zero attached hydrogens (tertiary/aromatic N) is 2. The van der Waals surface area contributed by atoms with E-state index in [9.17, 15) is 14.4 Å². The molecule has 7 nitrogen and oxygen atoms in total. The minimum absolute atomic E-state index is 0.277. The number of carbonyl (C=O) groups is 3. The SMILES string of the molecule is Cc1cc(C(=O)CN2C(=O)NC3(CCOc4ccccc43)C2=O)c(C)n1-c1ccccc1. The number of carbonyl (C=O) groups excluding carboxylic acids is 3. The number of ether oxygens (including phenoxy) is 1. The molecule has 2 aliphatic rings. The summed E-state index contributed by atoms with van der Waals surface area (Å²) >= 11 is 0. The van der Waals surface area contributed by atoms with E-state index < -0.39 is 17.5 Å². The lowest BCUT2D eigenvalue weighted by Crippen LogP contribution is -2.47. The van der Waals surface area contributed by atoms with E-state index in [1.807, 2.05) is 60.9 Å². The number of aromatic nitrogens is 1. The van der Waals surface area contributed by atoms with Crippen LogP contribution in [0.3, 0.4) is 0 Å². The van der Waals surface area contributed by atoms with Gasteiger partial charge in [0.1, 0.15) is 5.75 Å². The number of para-hydroxylation sites is 2. The van der Waals surface area contributed by atoms with Gasteiger partial charge in [-0.05, 0) is 38.1 Å². The Labute approximate surface area is 185 Å². The molecule has 3 aromatic rings. The van der Waals surface area contributed by atoms with Crippen molar-refractivity contribution in [1.82, 2.24) is 14.8 Å². The minimum Gasteiger partial charge on any atom is -0.493 e. The lowest BCUT2D eigenvalue weighted by Gasteiger charge is -2.33. The van der Waals surface area contributed by atoms with E-state index in [4.69, 9.17) is 4.74 Å². The topological polar surface area (TPSA) is 80.6 Å². The Hall–Kier alpha value is -3.87. The number of hydrogen-bond acceptors (Lipinski definition) is 4. The number of fused-ring (bicyclic) bond motifs is 2. The monoisotopic (exact) mass is 429 g/mol. The molecule has 1 unspecified atom stereocenters. The van der Waals surface area contributed by atoms with Crippen LogP contribution in [0.2, 0.25) is 0 Å². The molecule has 1 fully saturated rings. The fourth-order valence-electron chi connectivity index (χ4n) is 4.76. The molecule has 162 valence electrons. The lowest BCUT2D eigenvalue weighted by molar-refractivity contribution is -0.132. The third-order valence-electron chi connectivity index (χ3n) is 6.30. The van der Waals surface area contributed by atoms with Crippen LogP contribution in [0.25, 0.3) is 5.69 Å². The van der Waals surface area contributed by atoms with Gasteiger partial charge in [0.05, 0.1) is 13.2 Å². The lowest BCUT2D eigenvalue weighted by atomic mass is 9.84. The van der Waals surface area contributed by atoms with Gasteiger partial charge in [0.25, 0.3) is 5.91 Å². The van der Waals surface area contributed by atoms with Crippen LogP contribution >= 0.6 is 0 Å². The van der Waals surface area contributed by atoms with Crippen LogP contribution in [0.1, 0.15) is 33.7 Å². The number of imide groups is 1. The summed E-state index contributed by atoms with van der Waals surface area (Å²) in [5.41, 5.74) is 2.57. The van der Waals surface area contributed by atoms with Crippen molar-refractivity contribution < 1.29 is 19.1 Å². The number of ketones is 1. The standard InChI is InChI=1S/C25H23N3O4/c1-16-14-19(17(2)28(16)18-8-4-3-5-9-18)21(29)15-27-23(30)25(26-24(27)31)12-13-32-22-11-7-6-10-20(22)25/h3-11,14H,12-13,15H2,1-2H3,(H,26,31). The highest BCUT2D eigenvalue weighted by Gasteiger charge is 2.55. The Kier molecular flexibility index (Phi) is 4.62. The summed E-state index contributed by atoms with van der Waals surface area (Å²) in [7, 11) is 0. The van der Waals surface area contributed by atoms with Gasteiger partial charge in [-0.2, -0.15) is 0 Å². The summed E-state index contributed by atoms with van der Waals surface area (Å²) in [6.07, 6.45) is 0.321. The van der Waals surface area contributed by atoms with E-state index in [1.165, 1.54) is 0 Å². The first-order chi connectivity index (χ1) is 15.4. The van der Waals surface area contributed by atoms with Crippen LogP contribution in [0.5, 0.6) is 5.75 Å². The van der Waals surface area contributed by atoms with E-state index in [1.54, 1.807) is 18.2 Å². The molecule has 1 spiro atoms. The highest BCUT2D eigenvalue weighted by Crippen LogP contribution is 2.41. The Balaban J connectivity index is 1.44. The first-order valence-electron chi connectivity index (χ1n) is 10.6. The average molecular weight is 429 g/mol. The smallest absolute Gasteiger partial charge is 0.325 e. The van der Waals surface area contributed by atoms with Crippen molar-refractivity contribution in [1.29, 1.82) is 0 Å². The highest BCUT2D eigenvalue weighted by atomic mass is 16.5. The van der Waals surface area contributed by atoms with Crippen molar-refractivity contribution in [3.8, 4) is 11.4 Å². The molecule has 0 aliphatic carbocycles. The van der Waals surface area contributed by atoms with Crippen molar-refractivity contribution in [2.24, 2.45) is 0 Å². The number of aryl methyl sites for hydroxylation is 1. The minimum atomic E-state index is -1.19. The van der Waals surface area contributed by atoms with Gasteiger partial charge in [-0.3, -0.25) is 14.5 Å². The quantitative estimate of drug-likeness (QED) is 0.508. The first kappa shape index (κ1) is 20.1. The summed E-state index contributed by atoms with van der Waals surface area (Å²) in [6.45, 7) is 3.80. The van der Waals surface area contributed by atoms with Gasteiger partial charge >= 0.3 is 6.03 Å². The van der Waals surface area contributed by atoms with Crippen molar-refractivity contribution in [2.45, 2.75) is 25.8 Å². The normalized spacial score (nSPS) is 19.6. The zero-order chi connectivity index (χ0) is 22.5. The molecule has 5 rings (SSSR count). The van der Waals surface area contributed by atoms with Crippen LogP contribution in [0, 0.1) is 13.8 Å². The van der Waals surface area contributed by atoms with E-state index in [0.717, 1.165) is 22.0 Å². The number of urea groups is 1. The predicted molar refractivity (Wildman–Crippen MR) is 118 cm³/mol. The molecule has 1 N–H and O–H groups in total. The fraction of sp³-hybridized carbons (Fsp3) is 0.240. The van der Waals surface area contributed by atoms with Crippen LogP contribution in [-0.2, 0) is 10.3 Å². The molecule has 7 heteroatoms. The second-order valence-electron chi connectivity index (χ2n) is 8.20. The molecule has 2 aromatic carbocycles. The van der Waals surface area contributed by atoms with Gasteiger partial charge in [-0.15, -0.1) is 0 Å². The number of benzene rings is 2. The Morgan fingerprint density at radius 3 is 2.56 bits per heavy atom. The number of amides is 3. The van der Waals surface area contributed by atoms with E-state index in [2.05, 4.69) is 5.32 Å². The molecule has 2 aliphatic heterocycles. The summed E-state index contributed by atoms with van der Waals surface area (Å²) in [5, 5.41) is 2.84. The van der Waals surface area contributed by atoms with Crippen molar-refractivity contribution >= 4 is 17.7 Å². The van der Waals surface area contributed by atoms with E-state index in [-0.39, 0.29) is 12.3 Å². The maximum absolute atomic E-state index is 13.4. The van der Waals surface area contributed by atoms with Gasteiger partial charge in [0, 0.05) is 34.6 Å². The van der Waals surface area contributed by atoms with Gasteiger partial charge in [-0.25, -0.2) is 4.79 Å². The molecule has 1 atom stereocenters. The van der Waals surface area contributed by atoms with Gasteiger partial charge in [0.2, 0.25) is 0 Å². The maximum atomic E-state index is 13.4. The molecule has 1 aromatic heterocycles. The van der Waals surface area contributed by atoms with Crippen LogP contribution in [-0.4, -0.2) is 40.3 Å². The third kappa shape index (κ3) is 2.92. The maximum Gasteiger partial charge on any atom is 0.325 e. The molecule has 3 amide bonds. The second-order valence-corrected chi connectivity index (χ2v) is 8.20. The molecule has 1 saturated heterocycles. The predicted octanol–water partition coefficient (Wildman–Crippen LogP) is 3.51. The van der Waals surface area contributed by atoms with Gasteiger partial charge in [0.15, 0.2) is 11.3 Å². The average Bonchev–Trinajstić information content (AvgIpc) is 3.22. The zero-order valence-corrected chi connectivity index (χ0v) is 17.9. The van der Waals surface area contributed by atoms with Gasteiger partial charge in [-0.1, -0.05) is 36.4 Å². The molecule has 3 heterocycles. The van der Waals surface area contributed by atoms with Crippen molar-refractivity contribution in [3.05, 3.63) is 83.2 Å². The summed E-state index contributed by atoms with van der Waals surface area (Å²) in [4.78, 5) is 40.5. The Morgan fingerprint density at radius 2 is 1.78 bits per heavy atom. The highest BCUT2D eigenvalue weighted by molar-refractivity contribution is 6.12. The molecule has 0 bridgehead atoms. The van der Waals surface area contributed by atoms with Crippen LogP contribution < -0.4 is 10.1 Å². The van der Waals surface area contributed by atoms with Crippen LogP contribution in [0.15, 0.2) is 60.7 Å². The third-order valence-corrected chi connectivity index (χ3v) is 6.30. The first-order valence-corrected chi connectivity index (χ1v) is 10.6. The molecular formula is C25H23N3O4. The number of Topliss-reactive ketones (excluding diaryl/α,β-unsaturated/α-hetero) is 1. The Morgan fingerprint density at radius 1 is 1.06 bits per heavy atom. The fourth-order valence-corrected chi connectivity index (χ4v) is 4.76. The van der Waals surface area contributed by atoms with E-state index in [0.29, 0.717) is 29.9 Å². The molecule has 0 radical (unpaired) electrons. The van der Waals surface area contributed by atoms with Crippen molar-refractivity contribution in [3.63, 3.8) is 0 Å². The number of rotatable bonds is 4. The number of hydrogen-bond donors (Lipinski definition) is 1. The zero-order valence-electron chi connectivity index (χ0n) is 17.9. The summed E-state index contributed by atoms with van der Waals surface area (Å²) in [5.74, 6) is -0.114. The molecule has 32 heavy (non-hydrogen) atoms.